The zero-order valence-corrected chi connectivity index (χ0v) is 12.5. The summed E-state index contributed by atoms with van der Waals surface area (Å²) in [6.07, 6.45) is 5.25. The van der Waals surface area contributed by atoms with E-state index in [0.717, 1.165) is 38.3 Å². The molecule has 2 heterocycles. The molecule has 19 heavy (non-hydrogen) atoms. The third-order valence-electron chi connectivity index (χ3n) is 3.60. The van der Waals surface area contributed by atoms with E-state index in [1.807, 2.05) is 17.3 Å². The fourth-order valence-corrected chi connectivity index (χ4v) is 3.17. The van der Waals surface area contributed by atoms with Gasteiger partial charge in [-0.3, -0.25) is 4.79 Å². The van der Waals surface area contributed by atoms with E-state index < -0.39 is 0 Å². The van der Waals surface area contributed by atoms with Gasteiger partial charge >= 0.3 is 0 Å². The molecule has 1 aromatic heterocycles. The number of amides is 1. The molecule has 2 rings (SSSR count). The van der Waals surface area contributed by atoms with Crippen molar-refractivity contribution in [3.8, 4) is 0 Å². The lowest BCUT2D eigenvalue weighted by Crippen LogP contribution is -2.37. The summed E-state index contributed by atoms with van der Waals surface area (Å²) in [5, 5.41) is 3.35. The first-order chi connectivity index (χ1) is 9.27. The summed E-state index contributed by atoms with van der Waals surface area (Å²) in [4.78, 5) is 19.5. The summed E-state index contributed by atoms with van der Waals surface area (Å²) >= 11 is 1.71. The van der Waals surface area contributed by atoms with Gasteiger partial charge in [-0.2, -0.15) is 0 Å². The molecule has 0 aromatic carbocycles. The van der Waals surface area contributed by atoms with E-state index in [-0.39, 0.29) is 0 Å². The number of nitrogens with one attached hydrogen (secondary N) is 1. The van der Waals surface area contributed by atoms with Crippen LogP contribution < -0.4 is 5.32 Å². The van der Waals surface area contributed by atoms with Crippen molar-refractivity contribution in [2.24, 2.45) is 0 Å². The van der Waals surface area contributed by atoms with Crippen LogP contribution in [0.2, 0.25) is 0 Å². The number of aryl methyl sites for hydroxylation is 1. The van der Waals surface area contributed by atoms with E-state index in [0.29, 0.717) is 12.3 Å². The highest BCUT2D eigenvalue weighted by atomic mass is 32.1. The minimum atomic E-state index is 0.307. The molecule has 0 spiro atoms. The standard InChI is InChI=1S/C14H23N3OS/c1-12-13(19-11-16-12)5-7-15-8-6-14(18)17-9-3-2-4-10-17/h11,15H,2-10H2,1H3. The summed E-state index contributed by atoms with van der Waals surface area (Å²) < 4.78 is 0. The Labute approximate surface area is 119 Å². The Morgan fingerprint density at radius 2 is 2.16 bits per heavy atom. The number of likely N-dealkylation sites (tertiary alicyclic amines) is 1. The number of piperidine rings is 1. The highest BCUT2D eigenvalue weighted by Crippen LogP contribution is 2.12. The van der Waals surface area contributed by atoms with Crippen LogP contribution in [0, 0.1) is 6.92 Å². The van der Waals surface area contributed by atoms with Gasteiger partial charge in [-0.05, 0) is 32.6 Å². The van der Waals surface area contributed by atoms with Gasteiger partial charge in [0.15, 0.2) is 0 Å². The lowest BCUT2D eigenvalue weighted by Gasteiger charge is -2.26. The highest BCUT2D eigenvalue weighted by molar-refractivity contribution is 7.09. The van der Waals surface area contributed by atoms with Gasteiger partial charge in [0.2, 0.25) is 5.91 Å². The molecule has 106 valence electrons. The second kappa shape index (κ2) is 7.60. The van der Waals surface area contributed by atoms with Crippen LogP contribution in [-0.4, -0.2) is 42.0 Å². The predicted molar refractivity (Wildman–Crippen MR) is 78.5 cm³/mol. The summed E-state index contributed by atoms with van der Waals surface area (Å²) in [5.41, 5.74) is 3.03. The van der Waals surface area contributed by atoms with Crippen LogP contribution in [-0.2, 0) is 11.2 Å². The summed E-state index contributed by atoms with van der Waals surface area (Å²) in [6.45, 7) is 5.67. The van der Waals surface area contributed by atoms with E-state index in [1.54, 1.807) is 11.3 Å². The first kappa shape index (κ1) is 14.5. The SMILES string of the molecule is Cc1ncsc1CCNCCC(=O)N1CCCCC1. The van der Waals surface area contributed by atoms with Crippen molar-refractivity contribution >= 4 is 17.2 Å². The van der Waals surface area contributed by atoms with E-state index in [4.69, 9.17) is 0 Å². The van der Waals surface area contributed by atoms with Crippen LogP contribution in [0.25, 0.3) is 0 Å². The maximum absolute atomic E-state index is 11.9. The zero-order chi connectivity index (χ0) is 13.5. The van der Waals surface area contributed by atoms with Crippen molar-refractivity contribution in [2.45, 2.75) is 39.0 Å². The fourth-order valence-electron chi connectivity index (χ4n) is 2.39. The molecular formula is C14H23N3OS. The van der Waals surface area contributed by atoms with Gasteiger partial charge in [0.25, 0.3) is 0 Å². The summed E-state index contributed by atoms with van der Waals surface area (Å²) in [7, 11) is 0. The number of carbonyl (C=O) groups is 1. The Morgan fingerprint density at radius 3 is 2.84 bits per heavy atom. The second-order valence-corrected chi connectivity index (χ2v) is 5.99. The van der Waals surface area contributed by atoms with Crippen molar-refractivity contribution in [2.75, 3.05) is 26.2 Å². The van der Waals surface area contributed by atoms with E-state index in [2.05, 4.69) is 10.3 Å². The molecule has 1 aromatic rings. The molecule has 0 unspecified atom stereocenters. The molecule has 0 radical (unpaired) electrons. The minimum Gasteiger partial charge on any atom is -0.343 e. The molecule has 1 fully saturated rings. The Kier molecular flexibility index (Phi) is 5.79. The van der Waals surface area contributed by atoms with Gasteiger partial charge in [0.05, 0.1) is 11.2 Å². The van der Waals surface area contributed by atoms with Gasteiger partial charge < -0.3 is 10.2 Å². The second-order valence-electron chi connectivity index (χ2n) is 5.05. The Bertz CT molecular complexity index is 399. The third kappa shape index (κ3) is 4.58. The zero-order valence-electron chi connectivity index (χ0n) is 11.7. The molecule has 4 nitrogen and oxygen atoms in total. The number of thiazole rings is 1. The van der Waals surface area contributed by atoms with Crippen molar-refractivity contribution in [3.63, 3.8) is 0 Å². The third-order valence-corrected chi connectivity index (χ3v) is 4.59. The number of carbonyl (C=O) groups excluding carboxylic acids is 1. The van der Waals surface area contributed by atoms with Gasteiger partial charge in [-0.15, -0.1) is 11.3 Å². The molecule has 1 saturated heterocycles. The van der Waals surface area contributed by atoms with E-state index in [9.17, 15) is 4.79 Å². The van der Waals surface area contributed by atoms with Crippen molar-refractivity contribution in [1.29, 1.82) is 0 Å². The monoisotopic (exact) mass is 281 g/mol. The molecule has 5 heteroatoms. The number of aromatic nitrogens is 1. The quantitative estimate of drug-likeness (QED) is 0.811. The number of hydrogen-bond acceptors (Lipinski definition) is 4. The van der Waals surface area contributed by atoms with Crippen LogP contribution in [0.15, 0.2) is 5.51 Å². The molecule has 0 atom stereocenters. The Balaban J connectivity index is 1.56. The number of rotatable bonds is 6. The first-order valence-corrected chi connectivity index (χ1v) is 8.03. The largest absolute Gasteiger partial charge is 0.343 e. The van der Waals surface area contributed by atoms with E-state index >= 15 is 0 Å². The molecule has 1 aliphatic rings. The summed E-state index contributed by atoms with van der Waals surface area (Å²) in [5.74, 6) is 0.307. The predicted octanol–water partition coefficient (Wildman–Crippen LogP) is 1.99. The topological polar surface area (TPSA) is 45.2 Å². The Hall–Kier alpha value is -0.940. The molecule has 0 bridgehead atoms. The Morgan fingerprint density at radius 1 is 1.37 bits per heavy atom. The number of nitrogens with zero attached hydrogens (tertiary/aromatic N) is 2. The van der Waals surface area contributed by atoms with E-state index in [1.165, 1.54) is 24.1 Å². The van der Waals surface area contributed by atoms with Crippen LogP contribution >= 0.6 is 11.3 Å². The molecule has 0 aliphatic carbocycles. The van der Waals surface area contributed by atoms with Crippen molar-refractivity contribution in [3.05, 3.63) is 16.1 Å². The fraction of sp³-hybridized carbons (Fsp3) is 0.714. The average Bonchev–Trinajstić information content (AvgIpc) is 2.85. The van der Waals surface area contributed by atoms with Gasteiger partial charge in [0.1, 0.15) is 0 Å². The molecule has 1 amide bonds. The van der Waals surface area contributed by atoms with Crippen LogP contribution in [0.5, 0.6) is 0 Å². The lowest BCUT2D eigenvalue weighted by molar-refractivity contribution is -0.131. The normalized spacial score (nSPS) is 15.7. The van der Waals surface area contributed by atoms with Gasteiger partial charge in [-0.1, -0.05) is 0 Å². The van der Waals surface area contributed by atoms with Gasteiger partial charge in [-0.25, -0.2) is 4.98 Å². The number of hydrogen-bond donors (Lipinski definition) is 1. The molecule has 1 aliphatic heterocycles. The van der Waals surface area contributed by atoms with Crippen molar-refractivity contribution < 1.29 is 4.79 Å². The van der Waals surface area contributed by atoms with Crippen LogP contribution in [0.4, 0.5) is 0 Å². The van der Waals surface area contributed by atoms with Crippen LogP contribution in [0.3, 0.4) is 0 Å². The average molecular weight is 281 g/mol. The maximum Gasteiger partial charge on any atom is 0.223 e. The highest BCUT2D eigenvalue weighted by Gasteiger charge is 2.15. The van der Waals surface area contributed by atoms with Crippen LogP contribution in [0.1, 0.15) is 36.3 Å². The maximum atomic E-state index is 11.9. The summed E-state index contributed by atoms with van der Waals surface area (Å²) in [6, 6.07) is 0. The smallest absolute Gasteiger partial charge is 0.223 e. The van der Waals surface area contributed by atoms with Gasteiger partial charge in [0, 0.05) is 37.5 Å². The lowest BCUT2D eigenvalue weighted by atomic mass is 10.1. The van der Waals surface area contributed by atoms with Crippen molar-refractivity contribution in [1.82, 2.24) is 15.2 Å². The minimum absolute atomic E-state index is 0.307. The molecule has 0 saturated carbocycles. The first-order valence-electron chi connectivity index (χ1n) is 7.15. The molecular weight excluding hydrogens is 258 g/mol. The molecule has 1 N–H and O–H groups in total.